The predicted octanol–water partition coefficient (Wildman–Crippen LogP) is 3.20. The Hall–Kier alpha value is -0.690. The van der Waals surface area contributed by atoms with Crippen LogP contribution in [0.25, 0.3) is 0 Å². The van der Waals surface area contributed by atoms with Gasteiger partial charge in [-0.05, 0) is 64.9 Å². The van der Waals surface area contributed by atoms with Crippen molar-refractivity contribution in [1.82, 2.24) is 10.4 Å². The van der Waals surface area contributed by atoms with E-state index >= 15 is 0 Å². The summed E-state index contributed by atoms with van der Waals surface area (Å²) in [4.78, 5) is 4.29. The number of hydrogen-bond acceptors (Lipinski definition) is 3. The van der Waals surface area contributed by atoms with E-state index < -0.39 is 0 Å². The van der Waals surface area contributed by atoms with Gasteiger partial charge in [-0.2, -0.15) is 0 Å². The largest absolute Gasteiger partial charge is 0.271 e. The van der Waals surface area contributed by atoms with Gasteiger partial charge in [0, 0.05) is 20.5 Å². The molecule has 1 aromatic carbocycles. The highest BCUT2D eigenvalue weighted by molar-refractivity contribution is 14.1. The second-order valence-corrected chi connectivity index (χ2v) is 5.60. The number of nitrogens with one attached hydrogen (secondary N) is 1. The van der Waals surface area contributed by atoms with Crippen molar-refractivity contribution in [1.29, 1.82) is 0 Å². The van der Waals surface area contributed by atoms with Gasteiger partial charge in [0.05, 0.1) is 6.04 Å². The number of halogens is 2. The van der Waals surface area contributed by atoms with Gasteiger partial charge in [-0.25, -0.2) is 5.43 Å². The maximum atomic E-state index is 6.04. The fourth-order valence-corrected chi connectivity index (χ4v) is 2.58. The average Bonchev–Trinajstić information content (AvgIpc) is 2.37. The number of hydrazine groups is 1. The molecule has 0 aliphatic carbocycles. The third-order valence-corrected chi connectivity index (χ3v) is 3.92. The van der Waals surface area contributed by atoms with E-state index in [1.807, 2.05) is 43.5 Å². The molecule has 0 aliphatic heterocycles. The zero-order chi connectivity index (χ0) is 13.1. The Morgan fingerprint density at radius 1 is 1.33 bits per heavy atom. The summed E-state index contributed by atoms with van der Waals surface area (Å²) in [5, 5.41) is 0.700. The summed E-state index contributed by atoms with van der Waals surface area (Å²) < 4.78 is 1.11. The van der Waals surface area contributed by atoms with Crippen molar-refractivity contribution in [3.63, 3.8) is 0 Å². The van der Waals surface area contributed by atoms with Crippen LogP contribution in [0.15, 0.2) is 36.5 Å². The Bertz CT molecular complexity index is 542. The molecule has 2 rings (SSSR count). The molecule has 94 valence electrons. The van der Waals surface area contributed by atoms with E-state index in [0.29, 0.717) is 5.02 Å². The number of nitrogens with zero attached hydrogens (tertiary/aromatic N) is 1. The van der Waals surface area contributed by atoms with Crippen molar-refractivity contribution in [3.8, 4) is 0 Å². The molecule has 0 aliphatic rings. The van der Waals surface area contributed by atoms with Gasteiger partial charge in [0.15, 0.2) is 0 Å². The molecule has 0 amide bonds. The number of pyridine rings is 1. The first kappa shape index (κ1) is 13.7. The molecule has 2 aromatic rings. The molecule has 1 atom stereocenters. The van der Waals surface area contributed by atoms with E-state index in [9.17, 15) is 0 Å². The zero-order valence-corrected chi connectivity index (χ0v) is 12.7. The van der Waals surface area contributed by atoms with Crippen molar-refractivity contribution in [2.45, 2.75) is 13.0 Å². The van der Waals surface area contributed by atoms with Crippen LogP contribution in [0.3, 0.4) is 0 Å². The lowest BCUT2D eigenvalue weighted by Gasteiger charge is -2.18. The number of aryl methyl sites for hydroxylation is 1. The first-order chi connectivity index (χ1) is 8.61. The lowest BCUT2D eigenvalue weighted by molar-refractivity contribution is 0.632. The van der Waals surface area contributed by atoms with E-state index in [2.05, 4.69) is 33.0 Å². The van der Waals surface area contributed by atoms with Crippen molar-refractivity contribution < 1.29 is 0 Å². The third kappa shape index (κ3) is 3.00. The first-order valence-electron chi connectivity index (χ1n) is 5.45. The molecule has 0 spiro atoms. The summed E-state index contributed by atoms with van der Waals surface area (Å²) in [6, 6.07) is 9.65. The molecule has 0 bridgehead atoms. The number of aromatic nitrogens is 1. The fraction of sp³-hybridized carbons (Fsp3) is 0.154. The highest BCUT2D eigenvalue weighted by Gasteiger charge is 2.16. The Kier molecular flexibility index (Phi) is 4.55. The van der Waals surface area contributed by atoms with Crippen LogP contribution in [0.1, 0.15) is 22.9 Å². The molecule has 1 heterocycles. The van der Waals surface area contributed by atoms with Crippen molar-refractivity contribution in [3.05, 3.63) is 61.9 Å². The summed E-state index contributed by atoms with van der Waals surface area (Å²) in [6.07, 6.45) is 1.83. The Labute approximate surface area is 125 Å². The van der Waals surface area contributed by atoms with Gasteiger partial charge in [0.1, 0.15) is 0 Å². The molecular formula is C13H13ClIN3. The van der Waals surface area contributed by atoms with Crippen molar-refractivity contribution in [2.24, 2.45) is 5.84 Å². The van der Waals surface area contributed by atoms with Gasteiger partial charge < -0.3 is 0 Å². The summed E-state index contributed by atoms with van der Waals surface area (Å²) in [6.45, 7) is 1.96. The summed E-state index contributed by atoms with van der Waals surface area (Å²) in [7, 11) is 0. The molecule has 0 fully saturated rings. The molecule has 3 nitrogen and oxygen atoms in total. The van der Waals surface area contributed by atoms with Gasteiger partial charge in [-0.15, -0.1) is 0 Å². The second kappa shape index (κ2) is 5.97. The highest BCUT2D eigenvalue weighted by atomic mass is 127. The van der Waals surface area contributed by atoms with Crippen LogP contribution in [0.2, 0.25) is 5.02 Å². The number of nitrogens with two attached hydrogens (primary N) is 1. The lowest BCUT2D eigenvalue weighted by Crippen LogP contribution is -2.29. The molecule has 5 heteroatoms. The molecule has 1 unspecified atom stereocenters. The summed E-state index contributed by atoms with van der Waals surface area (Å²) >= 11 is 8.32. The van der Waals surface area contributed by atoms with Crippen molar-refractivity contribution >= 4 is 34.2 Å². The molecule has 1 aromatic heterocycles. The lowest BCUT2D eigenvalue weighted by atomic mass is 10.0. The molecule has 0 radical (unpaired) electrons. The van der Waals surface area contributed by atoms with Gasteiger partial charge in [-0.1, -0.05) is 17.7 Å². The molecule has 0 saturated heterocycles. The second-order valence-electron chi connectivity index (χ2n) is 4.00. The third-order valence-electron chi connectivity index (χ3n) is 2.70. The molecule has 0 saturated carbocycles. The quantitative estimate of drug-likeness (QED) is 0.493. The van der Waals surface area contributed by atoms with Crippen LogP contribution >= 0.6 is 34.2 Å². The fourth-order valence-electron chi connectivity index (χ4n) is 1.75. The summed E-state index contributed by atoms with van der Waals surface area (Å²) in [5.41, 5.74) is 5.87. The van der Waals surface area contributed by atoms with E-state index in [1.165, 1.54) is 0 Å². The minimum absolute atomic E-state index is 0.108. The van der Waals surface area contributed by atoms with Crippen LogP contribution in [0.4, 0.5) is 0 Å². The molecular weight excluding hydrogens is 361 g/mol. The van der Waals surface area contributed by atoms with E-state index in [-0.39, 0.29) is 6.04 Å². The average molecular weight is 374 g/mol. The Morgan fingerprint density at radius 3 is 2.72 bits per heavy atom. The van der Waals surface area contributed by atoms with Crippen LogP contribution in [-0.2, 0) is 0 Å². The SMILES string of the molecule is Cc1ccc(C(NN)c2cc(Cl)ccc2I)cn1. The van der Waals surface area contributed by atoms with Gasteiger partial charge in [0.25, 0.3) is 0 Å². The van der Waals surface area contributed by atoms with E-state index in [4.69, 9.17) is 17.4 Å². The monoisotopic (exact) mass is 373 g/mol. The predicted molar refractivity (Wildman–Crippen MR) is 82.3 cm³/mol. The van der Waals surface area contributed by atoms with Crippen LogP contribution in [-0.4, -0.2) is 4.98 Å². The van der Waals surface area contributed by atoms with Crippen LogP contribution in [0, 0.1) is 10.5 Å². The number of rotatable bonds is 3. The Morgan fingerprint density at radius 2 is 2.11 bits per heavy atom. The summed E-state index contributed by atoms with van der Waals surface area (Å²) in [5.74, 6) is 5.67. The first-order valence-corrected chi connectivity index (χ1v) is 6.91. The Balaban J connectivity index is 2.44. The number of hydrogen-bond donors (Lipinski definition) is 2. The van der Waals surface area contributed by atoms with E-state index in [0.717, 1.165) is 20.4 Å². The smallest absolute Gasteiger partial charge is 0.0735 e. The van der Waals surface area contributed by atoms with Crippen molar-refractivity contribution in [2.75, 3.05) is 0 Å². The van der Waals surface area contributed by atoms with E-state index in [1.54, 1.807) is 0 Å². The maximum absolute atomic E-state index is 6.04. The normalized spacial score (nSPS) is 12.4. The minimum Gasteiger partial charge on any atom is -0.271 e. The molecule has 3 N–H and O–H groups in total. The number of benzene rings is 1. The maximum Gasteiger partial charge on any atom is 0.0735 e. The van der Waals surface area contributed by atoms with Gasteiger partial charge in [0.2, 0.25) is 0 Å². The van der Waals surface area contributed by atoms with Crippen LogP contribution in [0.5, 0.6) is 0 Å². The van der Waals surface area contributed by atoms with Gasteiger partial charge in [-0.3, -0.25) is 10.8 Å². The highest BCUT2D eigenvalue weighted by Crippen LogP contribution is 2.27. The standard InChI is InChI=1S/C13H13ClIN3/c1-8-2-3-9(7-17-8)13(18-16)11-6-10(14)4-5-12(11)15/h2-7,13,18H,16H2,1H3. The van der Waals surface area contributed by atoms with Crippen LogP contribution < -0.4 is 11.3 Å². The molecule has 18 heavy (non-hydrogen) atoms. The topological polar surface area (TPSA) is 50.9 Å². The van der Waals surface area contributed by atoms with Gasteiger partial charge >= 0.3 is 0 Å². The zero-order valence-electron chi connectivity index (χ0n) is 9.82. The minimum atomic E-state index is -0.108.